The summed E-state index contributed by atoms with van der Waals surface area (Å²) in [5, 5.41) is 0. The Balaban J connectivity index is 1.78. The number of rotatable bonds is 6. The first-order chi connectivity index (χ1) is 12.5. The van der Waals surface area contributed by atoms with Crippen LogP contribution in [0.3, 0.4) is 0 Å². The van der Waals surface area contributed by atoms with Crippen LogP contribution in [0, 0.1) is 0 Å². The van der Waals surface area contributed by atoms with Crippen molar-refractivity contribution >= 4 is 27.3 Å². The molecule has 1 aromatic carbocycles. The minimum atomic E-state index is -0.0444. The topological polar surface area (TPSA) is 42.0 Å². The van der Waals surface area contributed by atoms with E-state index < -0.39 is 0 Å². The normalized spacial score (nSPS) is 12.3. The molecule has 26 heavy (non-hydrogen) atoms. The first-order valence-corrected chi connectivity index (χ1v) is 9.53. The van der Waals surface area contributed by atoms with E-state index in [-0.39, 0.29) is 5.56 Å². The van der Waals surface area contributed by atoms with Crippen molar-refractivity contribution in [3.63, 3.8) is 0 Å². The van der Waals surface area contributed by atoms with Crippen LogP contribution in [0.5, 0.6) is 0 Å². The van der Waals surface area contributed by atoms with Crippen molar-refractivity contribution in [3.05, 3.63) is 74.7 Å². The van der Waals surface area contributed by atoms with Gasteiger partial charge < -0.3 is 9.80 Å². The van der Waals surface area contributed by atoms with E-state index in [9.17, 15) is 4.79 Å². The zero-order valence-electron chi connectivity index (χ0n) is 15.4. The van der Waals surface area contributed by atoms with E-state index in [1.165, 1.54) is 16.2 Å². The first kappa shape index (κ1) is 18.6. The number of hydrogen-bond acceptors (Lipinski definition) is 3. The van der Waals surface area contributed by atoms with Gasteiger partial charge in [0.1, 0.15) is 24.4 Å². The van der Waals surface area contributed by atoms with Gasteiger partial charge in [0, 0.05) is 42.1 Å². The molecule has 136 valence electrons. The molecule has 0 aliphatic rings. The Morgan fingerprint density at radius 1 is 1.12 bits per heavy atom. The standard InChI is InChI=1S/C20H23BrN4O/c1-4-24(12-15-5-8-18(9-6-15)23(2)3)14-17-11-20(26)25-13-16(21)7-10-19(25)22-17/h5-11,13H,4,12,14H2,1-3H3/p+1. The van der Waals surface area contributed by atoms with Gasteiger partial charge in [-0.05, 0) is 47.1 Å². The zero-order chi connectivity index (χ0) is 18.7. The Kier molecular flexibility index (Phi) is 5.74. The maximum Gasteiger partial charge on any atom is 0.258 e. The third kappa shape index (κ3) is 4.31. The summed E-state index contributed by atoms with van der Waals surface area (Å²) in [4.78, 5) is 20.5. The van der Waals surface area contributed by atoms with Gasteiger partial charge in [-0.3, -0.25) is 9.20 Å². The van der Waals surface area contributed by atoms with E-state index in [4.69, 9.17) is 0 Å². The minimum Gasteiger partial charge on any atom is -0.378 e. The van der Waals surface area contributed by atoms with Crippen LogP contribution in [-0.4, -0.2) is 30.0 Å². The van der Waals surface area contributed by atoms with Crippen molar-refractivity contribution < 1.29 is 4.90 Å². The number of benzene rings is 1. The number of hydrogen-bond donors (Lipinski definition) is 1. The number of quaternary nitrogens is 1. The fourth-order valence-corrected chi connectivity index (χ4v) is 3.32. The minimum absolute atomic E-state index is 0.0444. The average molecular weight is 416 g/mol. The summed E-state index contributed by atoms with van der Waals surface area (Å²) in [7, 11) is 4.09. The van der Waals surface area contributed by atoms with Crippen molar-refractivity contribution in [2.75, 3.05) is 25.5 Å². The quantitative estimate of drug-likeness (QED) is 0.670. The zero-order valence-corrected chi connectivity index (χ0v) is 17.0. The number of nitrogens with zero attached hydrogens (tertiary/aromatic N) is 3. The van der Waals surface area contributed by atoms with Gasteiger partial charge in [-0.2, -0.15) is 0 Å². The number of halogens is 1. The third-order valence-corrected chi connectivity index (χ3v) is 4.98. The number of fused-ring (bicyclic) bond motifs is 1. The van der Waals surface area contributed by atoms with Gasteiger partial charge >= 0.3 is 0 Å². The summed E-state index contributed by atoms with van der Waals surface area (Å²) in [5.74, 6) is 0. The molecule has 0 amide bonds. The van der Waals surface area contributed by atoms with Crippen LogP contribution in [0.25, 0.3) is 5.65 Å². The van der Waals surface area contributed by atoms with Gasteiger partial charge in [0.05, 0.1) is 6.54 Å². The lowest BCUT2D eigenvalue weighted by Crippen LogP contribution is -3.09. The van der Waals surface area contributed by atoms with Gasteiger partial charge in [0.25, 0.3) is 5.56 Å². The van der Waals surface area contributed by atoms with Crippen molar-refractivity contribution in [2.45, 2.75) is 20.0 Å². The molecule has 2 aromatic heterocycles. The van der Waals surface area contributed by atoms with E-state index in [0.29, 0.717) is 5.65 Å². The molecule has 1 N–H and O–H groups in total. The first-order valence-electron chi connectivity index (χ1n) is 8.74. The molecule has 0 radical (unpaired) electrons. The van der Waals surface area contributed by atoms with Crippen molar-refractivity contribution in [1.29, 1.82) is 0 Å². The van der Waals surface area contributed by atoms with E-state index in [2.05, 4.69) is 57.0 Å². The highest BCUT2D eigenvalue weighted by Crippen LogP contribution is 2.12. The summed E-state index contributed by atoms with van der Waals surface area (Å²) < 4.78 is 2.43. The summed E-state index contributed by atoms with van der Waals surface area (Å²) in [6.07, 6.45) is 1.76. The van der Waals surface area contributed by atoms with E-state index in [1.807, 2.05) is 26.2 Å². The molecular weight excluding hydrogens is 392 g/mol. The molecule has 3 aromatic rings. The van der Waals surface area contributed by atoms with Gasteiger partial charge in [-0.15, -0.1) is 0 Å². The highest BCUT2D eigenvalue weighted by atomic mass is 79.9. The molecule has 0 spiro atoms. The fourth-order valence-electron chi connectivity index (χ4n) is 2.99. The molecule has 3 rings (SSSR count). The molecule has 0 fully saturated rings. The van der Waals surface area contributed by atoms with Crippen LogP contribution in [0.15, 0.2) is 57.9 Å². The van der Waals surface area contributed by atoms with Gasteiger partial charge in [0.2, 0.25) is 0 Å². The maximum atomic E-state index is 12.4. The highest BCUT2D eigenvalue weighted by molar-refractivity contribution is 9.10. The Hall–Kier alpha value is -2.18. The largest absolute Gasteiger partial charge is 0.378 e. The fraction of sp³-hybridized carbons (Fsp3) is 0.300. The summed E-state index contributed by atoms with van der Waals surface area (Å²) in [6, 6.07) is 14.0. The molecule has 1 atom stereocenters. The number of anilines is 1. The summed E-state index contributed by atoms with van der Waals surface area (Å²) in [5.41, 5.74) is 3.95. The Bertz CT molecular complexity index is 950. The molecule has 1 unspecified atom stereocenters. The lowest BCUT2D eigenvalue weighted by molar-refractivity contribution is -0.926. The Morgan fingerprint density at radius 2 is 1.85 bits per heavy atom. The van der Waals surface area contributed by atoms with Crippen LogP contribution < -0.4 is 15.4 Å². The van der Waals surface area contributed by atoms with Crippen LogP contribution in [0.1, 0.15) is 18.2 Å². The lowest BCUT2D eigenvalue weighted by Gasteiger charge is -2.18. The van der Waals surface area contributed by atoms with Crippen molar-refractivity contribution in [1.82, 2.24) is 9.38 Å². The van der Waals surface area contributed by atoms with E-state index in [1.54, 1.807) is 16.7 Å². The molecular formula is C20H24BrN4O+. The SMILES string of the molecule is CC[NH+](Cc1ccc(N(C)C)cc1)Cc1cc(=O)n2cc(Br)ccc2n1. The van der Waals surface area contributed by atoms with Crippen LogP contribution in [0.4, 0.5) is 5.69 Å². The van der Waals surface area contributed by atoms with Gasteiger partial charge in [-0.25, -0.2) is 4.98 Å². The van der Waals surface area contributed by atoms with Crippen molar-refractivity contribution in [2.24, 2.45) is 0 Å². The molecule has 0 saturated heterocycles. The molecule has 0 aliphatic carbocycles. The van der Waals surface area contributed by atoms with Gasteiger partial charge in [-0.1, -0.05) is 12.1 Å². The molecule has 0 aliphatic heterocycles. The molecule has 6 heteroatoms. The number of nitrogens with one attached hydrogen (secondary N) is 1. The smallest absolute Gasteiger partial charge is 0.258 e. The second kappa shape index (κ2) is 8.01. The third-order valence-electron chi connectivity index (χ3n) is 4.51. The second-order valence-corrected chi connectivity index (χ2v) is 7.59. The van der Waals surface area contributed by atoms with Crippen molar-refractivity contribution in [3.8, 4) is 0 Å². The molecule has 0 saturated carbocycles. The average Bonchev–Trinajstić information content (AvgIpc) is 2.62. The summed E-state index contributed by atoms with van der Waals surface area (Å²) >= 11 is 3.39. The molecule has 2 heterocycles. The number of pyridine rings is 1. The lowest BCUT2D eigenvalue weighted by atomic mass is 10.2. The van der Waals surface area contributed by atoms with E-state index in [0.717, 1.165) is 29.8 Å². The maximum absolute atomic E-state index is 12.4. The predicted octanol–water partition coefficient (Wildman–Crippen LogP) is 2.13. The van der Waals surface area contributed by atoms with E-state index >= 15 is 0 Å². The Labute approximate surface area is 162 Å². The van der Waals surface area contributed by atoms with Crippen LogP contribution in [-0.2, 0) is 13.1 Å². The monoisotopic (exact) mass is 415 g/mol. The predicted molar refractivity (Wildman–Crippen MR) is 109 cm³/mol. The second-order valence-electron chi connectivity index (χ2n) is 6.68. The highest BCUT2D eigenvalue weighted by Gasteiger charge is 2.12. The number of aromatic nitrogens is 2. The summed E-state index contributed by atoms with van der Waals surface area (Å²) in [6.45, 7) is 4.77. The Morgan fingerprint density at radius 3 is 2.50 bits per heavy atom. The van der Waals surface area contributed by atoms with Crippen LogP contribution >= 0.6 is 15.9 Å². The van der Waals surface area contributed by atoms with Gasteiger partial charge in [0.15, 0.2) is 0 Å². The molecule has 5 nitrogen and oxygen atoms in total. The molecule has 0 bridgehead atoms. The van der Waals surface area contributed by atoms with Crippen LogP contribution in [0.2, 0.25) is 0 Å².